The van der Waals surface area contributed by atoms with Crippen molar-refractivity contribution in [3.8, 4) is 0 Å². The van der Waals surface area contributed by atoms with Gasteiger partial charge in [0.2, 0.25) is 5.89 Å². The molecule has 0 unspecified atom stereocenters. The summed E-state index contributed by atoms with van der Waals surface area (Å²) in [6.45, 7) is 6.79. The van der Waals surface area contributed by atoms with Gasteiger partial charge in [0, 0.05) is 30.4 Å². The first-order valence-corrected chi connectivity index (χ1v) is 9.27. The number of anilines is 1. The molecule has 1 aromatic carbocycles. The van der Waals surface area contributed by atoms with E-state index in [0.717, 1.165) is 16.9 Å². The highest BCUT2D eigenvalue weighted by molar-refractivity contribution is 5.96. The van der Waals surface area contributed by atoms with Crippen molar-refractivity contribution in [2.45, 2.75) is 39.8 Å². The van der Waals surface area contributed by atoms with E-state index in [1.807, 2.05) is 57.2 Å². The second-order valence-corrected chi connectivity index (χ2v) is 7.01. The summed E-state index contributed by atoms with van der Waals surface area (Å²) in [5.41, 5.74) is 3.37. The molecule has 0 aliphatic carbocycles. The van der Waals surface area contributed by atoms with Gasteiger partial charge in [-0.25, -0.2) is 0 Å². The van der Waals surface area contributed by atoms with Crippen LogP contribution in [-0.2, 0) is 13.1 Å². The maximum Gasteiger partial charge on any atom is 0.254 e. The minimum atomic E-state index is -0.0942. The summed E-state index contributed by atoms with van der Waals surface area (Å²) in [5, 5.41) is 7.30. The average molecular weight is 379 g/mol. The maximum absolute atomic E-state index is 12.9. The molecule has 146 valence electrons. The molecule has 28 heavy (non-hydrogen) atoms. The van der Waals surface area contributed by atoms with Crippen molar-refractivity contribution in [3.05, 3.63) is 71.1 Å². The quantitative estimate of drug-likeness (QED) is 0.672. The minimum absolute atomic E-state index is 0.0942. The molecule has 2 aromatic heterocycles. The number of pyridine rings is 1. The fourth-order valence-electron chi connectivity index (χ4n) is 2.79. The molecular formula is C21H25N5O2. The number of nitrogens with one attached hydrogen (secondary N) is 1. The molecule has 2 heterocycles. The molecule has 0 atom stereocenters. The van der Waals surface area contributed by atoms with Gasteiger partial charge in [0.1, 0.15) is 0 Å². The fraction of sp³-hybridized carbons (Fsp3) is 0.333. The average Bonchev–Trinajstić information content (AvgIpc) is 3.16. The summed E-state index contributed by atoms with van der Waals surface area (Å²) in [5.74, 6) is 1.17. The zero-order valence-electron chi connectivity index (χ0n) is 16.6. The van der Waals surface area contributed by atoms with Crippen molar-refractivity contribution in [2.24, 2.45) is 0 Å². The monoisotopic (exact) mass is 379 g/mol. The van der Waals surface area contributed by atoms with Crippen molar-refractivity contribution < 1.29 is 9.32 Å². The van der Waals surface area contributed by atoms with Gasteiger partial charge in [-0.1, -0.05) is 31.1 Å². The molecule has 0 fully saturated rings. The van der Waals surface area contributed by atoms with E-state index >= 15 is 0 Å². The molecular weight excluding hydrogens is 354 g/mol. The molecule has 3 rings (SSSR count). The number of rotatable bonds is 7. The van der Waals surface area contributed by atoms with Crippen molar-refractivity contribution >= 4 is 11.6 Å². The second-order valence-electron chi connectivity index (χ2n) is 7.01. The van der Waals surface area contributed by atoms with Crippen LogP contribution in [0.5, 0.6) is 0 Å². The lowest BCUT2D eigenvalue weighted by atomic mass is 10.1. The van der Waals surface area contributed by atoms with Crippen molar-refractivity contribution in [2.75, 3.05) is 12.4 Å². The first-order valence-electron chi connectivity index (χ1n) is 9.27. The Balaban J connectivity index is 1.70. The summed E-state index contributed by atoms with van der Waals surface area (Å²) in [4.78, 5) is 23.2. The fourth-order valence-corrected chi connectivity index (χ4v) is 2.79. The number of carbonyl (C=O) groups excluding carboxylic acids is 1. The first kappa shape index (κ1) is 19.5. The van der Waals surface area contributed by atoms with Gasteiger partial charge in [-0.15, -0.1) is 0 Å². The highest BCUT2D eigenvalue weighted by Gasteiger charge is 2.19. The highest BCUT2D eigenvalue weighted by atomic mass is 16.5. The normalized spacial score (nSPS) is 10.9. The third kappa shape index (κ3) is 4.54. The Morgan fingerprint density at radius 1 is 1.21 bits per heavy atom. The third-order valence-electron chi connectivity index (χ3n) is 4.47. The molecule has 1 amide bonds. The van der Waals surface area contributed by atoms with E-state index in [4.69, 9.17) is 4.52 Å². The molecule has 7 nitrogen and oxygen atoms in total. The summed E-state index contributed by atoms with van der Waals surface area (Å²) in [6.07, 6.45) is 1.76. The van der Waals surface area contributed by atoms with Crippen molar-refractivity contribution in [3.63, 3.8) is 0 Å². The third-order valence-corrected chi connectivity index (χ3v) is 4.47. The van der Waals surface area contributed by atoms with Gasteiger partial charge >= 0.3 is 0 Å². The van der Waals surface area contributed by atoms with E-state index in [1.165, 1.54) is 0 Å². The van der Waals surface area contributed by atoms with E-state index in [9.17, 15) is 4.79 Å². The Bertz CT molecular complexity index is 937. The SMILES string of the molecule is Cc1c(NCc2ccccn2)cccc1C(=O)N(C)Cc1nc(C(C)C)no1. The Morgan fingerprint density at radius 2 is 2.04 bits per heavy atom. The second kappa shape index (κ2) is 8.65. The predicted octanol–water partition coefficient (Wildman–Crippen LogP) is 3.78. The molecule has 0 saturated carbocycles. The van der Waals surface area contributed by atoms with Crippen LogP contribution in [0.4, 0.5) is 5.69 Å². The van der Waals surface area contributed by atoms with E-state index in [2.05, 4.69) is 20.4 Å². The summed E-state index contributed by atoms with van der Waals surface area (Å²) >= 11 is 0. The van der Waals surface area contributed by atoms with Crippen molar-refractivity contribution in [1.29, 1.82) is 0 Å². The van der Waals surface area contributed by atoms with E-state index in [1.54, 1.807) is 18.1 Å². The minimum Gasteiger partial charge on any atom is -0.379 e. The van der Waals surface area contributed by atoms with Crippen LogP contribution in [0.25, 0.3) is 0 Å². The number of benzene rings is 1. The number of nitrogens with zero attached hydrogens (tertiary/aromatic N) is 4. The lowest BCUT2D eigenvalue weighted by molar-refractivity contribution is 0.0769. The summed E-state index contributed by atoms with van der Waals surface area (Å²) in [6, 6.07) is 11.5. The molecule has 0 aliphatic heterocycles. The largest absolute Gasteiger partial charge is 0.379 e. The molecule has 3 aromatic rings. The van der Waals surface area contributed by atoms with Crippen LogP contribution in [0.2, 0.25) is 0 Å². The van der Waals surface area contributed by atoms with Gasteiger partial charge in [0.05, 0.1) is 18.8 Å². The molecule has 0 radical (unpaired) electrons. The Kier molecular flexibility index (Phi) is 6.03. The van der Waals surface area contributed by atoms with Crippen LogP contribution in [0.3, 0.4) is 0 Å². The van der Waals surface area contributed by atoms with E-state index < -0.39 is 0 Å². The molecule has 0 spiro atoms. The Labute approximate surface area is 164 Å². The molecule has 7 heteroatoms. The predicted molar refractivity (Wildman–Crippen MR) is 107 cm³/mol. The van der Waals surface area contributed by atoms with Gasteiger partial charge in [0.15, 0.2) is 5.82 Å². The molecule has 0 saturated heterocycles. The lowest BCUT2D eigenvalue weighted by Gasteiger charge is -2.18. The number of hydrogen-bond acceptors (Lipinski definition) is 6. The van der Waals surface area contributed by atoms with E-state index in [-0.39, 0.29) is 18.4 Å². The van der Waals surface area contributed by atoms with Gasteiger partial charge in [0.25, 0.3) is 5.91 Å². The van der Waals surface area contributed by atoms with Crippen LogP contribution >= 0.6 is 0 Å². The van der Waals surface area contributed by atoms with Crippen LogP contribution < -0.4 is 5.32 Å². The number of hydrogen-bond donors (Lipinski definition) is 1. The number of aromatic nitrogens is 3. The highest BCUT2D eigenvalue weighted by Crippen LogP contribution is 2.21. The Morgan fingerprint density at radius 3 is 2.71 bits per heavy atom. The number of carbonyl (C=O) groups is 1. The molecule has 0 bridgehead atoms. The van der Waals surface area contributed by atoms with Crippen LogP contribution in [0.15, 0.2) is 47.1 Å². The summed E-state index contributed by atoms with van der Waals surface area (Å²) in [7, 11) is 1.73. The Hall–Kier alpha value is -3.22. The lowest BCUT2D eigenvalue weighted by Crippen LogP contribution is -2.27. The molecule has 0 aliphatic rings. The first-order chi connectivity index (χ1) is 13.5. The summed E-state index contributed by atoms with van der Waals surface area (Å²) < 4.78 is 5.25. The van der Waals surface area contributed by atoms with Gasteiger partial charge in [-0.3, -0.25) is 9.78 Å². The maximum atomic E-state index is 12.9. The van der Waals surface area contributed by atoms with Crippen LogP contribution in [0.1, 0.15) is 53.1 Å². The van der Waals surface area contributed by atoms with Gasteiger partial charge in [-0.05, 0) is 36.8 Å². The van der Waals surface area contributed by atoms with Crippen LogP contribution in [0, 0.1) is 6.92 Å². The number of amides is 1. The van der Waals surface area contributed by atoms with Crippen LogP contribution in [-0.4, -0.2) is 33.0 Å². The van der Waals surface area contributed by atoms with Gasteiger partial charge in [-0.2, -0.15) is 4.98 Å². The zero-order chi connectivity index (χ0) is 20.1. The molecule has 1 N–H and O–H groups in total. The zero-order valence-corrected chi connectivity index (χ0v) is 16.6. The van der Waals surface area contributed by atoms with Gasteiger partial charge < -0.3 is 14.7 Å². The van der Waals surface area contributed by atoms with Crippen molar-refractivity contribution in [1.82, 2.24) is 20.0 Å². The topological polar surface area (TPSA) is 84.2 Å². The van der Waals surface area contributed by atoms with E-state index in [0.29, 0.717) is 23.8 Å². The standard InChI is InChI=1S/C21H25N5O2/c1-14(2)20-24-19(28-25-20)13-26(4)21(27)17-9-7-10-18(15(17)3)23-12-16-8-5-6-11-22-16/h5-11,14,23H,12-13H2,1-4H3. The smallest absolute Gasteiger partial charge is 0.254 e.